The Kier molecular flexibility index (Phi) is 3.91. The third-order valence-electron chi connectivity index (χ3n) is 3.26. The largest absolute Gasteiger partial charge is 0.334 e. The van der Waals surface area contributed by atoms with Crippen molar-refractivity contribution in [1.82, 2.24) is 14.9 Å². The van der Waals surface area contributed by atoms with Crippen molar-refractivity contribution in [2.24, 2.45) is 0 Å². The Hall–Kier alpha value is -2.61. The summed E-state index contributed by atoms with van der Waals surface area (Å²) in [6, 6.07) is 4.46. The number of aromatic nitrogens is 2. The molecule has 1 aromatic carbocycles. The lowest BCUT2D eigenvalue weighted by Crippen LogP contribution is -2.29. The van der Waals surface area contributed by atoms with Gasteiger partial charge in [-0.1, -0.05) is 0 Å². The van der Waals surface area contributed by atoms with E-state index in [4.69, 9.17) is 0 Å². The molecule has 2 aromatic heterocycles. The molecule has 5 nitrogen and oxygen atoms in total. The van der Waals surface area contributed by atoms with Crippen LogP contribution in [-0.4, -0.2) is 27.8 Å². The van der Waals surface area contributed by atoms with Gasteiger partial charge >= 0.3 is 0 Å². The quantitative estimate of drug-likeness (QED) is 0.800. The number of H-pyrrole nitrogens is 1. The van der Waals surface area contributed by atoms with Crippen LogP contribution in [0.4, 0.5) is 8.78 Å². The smallest absolute Gasteiger partial charge is 0.268 e. The fraction of sp³-hybridized carbons (Fsp3) is 0.133. The maximum absolute atomic E-state index is 13.7. The van der Waals surface area contributed by atoms with Gasteiger partial charge in [0.05, 0.1) is 17.6 Å². The maximum atomic E-state index is 13.7. The Balaban J connectivity index is 1.86. The first-order chi connectivity index (χ1) is 11.0. The monoisotopic (exact) mass is 335 g/mol. The Morgan fingerprint density at radius 3 is 2.87 bits per heavy atom. The van der Waals surface area contributed by atoms with Gasteiger partial charge in [0.1, 0.15) is 22.2 Å². The Bertz CT molecular complexity index is 951. The van der Waals surface area contributed by atoms with Gasteiger partial charge in [-0.05, 0) is 23.6 Å². The normalized spacial score (nSPS) is 10.9. The Morgan fingerprint density at radius 2 is 2.13 bits per heavy atom. The van der Waals surface area contributed by atoms with Gasteiger partial charge < -0.3 is 9.88 Å². The van der Waals surface area contributed by atoms with Crippen LogP contribution in [0.5, 0.6) is 0 Å². The third-order valence-corrected chi connectivity index (χ3v) is 4.16. The van der Waals surface area contributed by atoms with E-state index in [1.165, 1.54) is 23.3 Å². The highest BCUT2D eigenvalue weighted by Crippen LogP contribution is 2.15. The molecule has 0 spiro atoms. The molecule has 8 heteroatoms. The fourth-order valence-electron chi connectivity index (χ4n) is 2.16. The second kappa shape index (κ2) is 5.88. The molecular weight excluding hydrogens is 324 g/mol. The van der Waals surface area contributed by atoms with Crippen LogP contribution in [-0.2, 0) is 6.54 Å². The first kappa shape index (κ1) is 15.3. The topological polar surface area (TPSA) is 66.1 Å². The van der Waals surface area contributed by atoms with Crippen molar-refractivity contribution in [3.05, 3.63) is 63.0 Å². The maximum Gasteiger partial charge on any atom is 0.268 e. The number of amides is 1. The predicted molar refractivity (Wildman–Crippen MR) is 82.4 cm³/mol. The summed E-state index contributed by atoms with van der Waals surface area (Å²) in [5.74, 6) is -2.03. The summed E-state index contributed by atoms with van der Waals surface area (Å²) in [6.07, 6.45) is 0. The minimum absolute atomic E-state index is 0.00330. The van der Waals surface area contributed by atoms with Crippen LogP contribution in [0, 0.1) is 11.6 Å². The summed E-state index contributed by atoms with van der Waals surface area (Å²) in [5.41, 5.74) is 0.0178. The minimum atomic E-state index is -0.934. The number of hydrogen-bond acceptors (Lipinski definition) is 4. The van der Waals surface area contributed by atoms with E-state index in [0.29, 0.717) is 22.1 Å². The van der Waals surface area contributed by atoms with Gasteiger partial charge in [0, 0.05) is 13.1 Å². The Labute approximate surface area is 133 Å². The summed E-state index contributed by atoms with van der Waals surface area (Å²) in [5, 5.41) is 1.75. The van der Waals surface area contributed by atoms with Crippen LogP contribution >= 0.6 is 11.3 Å². The van der Waals surface area contributed by atoms with Crippen molar-refractivity contribution in [3.63, 3.8) is 0 Å². The van der Waals surface area contributed by atoms with E-state index >= 15 is 0 Å². The van der Waals surface area contributed by atoms with Gasteiger partial charge in [0.25, 0.3) is 11.5 Å². The zero-order chi connectivity index (χ0) is 16.6. The highest BCUT2D eigenvalue weighted by Gasteiger charge is 2.18. The highest BCUT2D eigenvalue weighted by atomic mass is 32.1. The molecule has 23 heavy (non-hydrogen) atoms. The van der Waals surface area contributed by atoms with Crippen molar-refractivity contribution in [2.75, 3.05) is 7.05 Å². The summed E-state index contributed by atoms with van der Waals surface area (Å²) >= 11 is 1.28. The number of nitrogens with zero attached hydrogens (tertiary/aromatic N) is 2. The molecule has 0 atom stereocenters. The number of carbonyl (C=O) groups excluding carboxylic acids is 1. The van der Waals surface area contributed by atoms with Gasteiger partial charge in [0.2, 0.25) is 0 Å². The van der Waals surface area contributed by atoms with Crippen LogP contribution in [0.1, 0.15) is 16.2 Å². The van der Waals surface area contributed by atoms with E-state index in [1.54, 1.807) is 11.4 Å². The van der Waals surface area contributed by atoms with Crippen LogP contribution in [0.2, 0.25) is 0 Å². The lowest BCUT2D eigenvalue weighted by atomic mass is 10.2. The molecule has 0 fully saturated rings. The lowest BCUT2D eigenvalue weighted by Gasteiger charge is -2.17. The number of rotatable bonds is 3. The lowest BCUT2D eigenvalue weighted by molar-refractivity contribution is 0.0777. The molecule has 0 saturated carbocycles. The first-order valence-electron chi connectivity index (χ1n) is 6.62. The number of carbonyl (C=O) groups is 1. The average molecular weight is 335 g/mol. The molecule has 0 aliphatic heterocycles. The molecular formula is C15H11F2N3O2S. The molecule has 118 valence electrons. The van der Waals surface area contributed by atoms with E-state index in [9.17, 15) is 18.4 Å². The van der Waals surface area contributed by atoms with Crippen LogP contribution < -0.4 is 5.56 Å². The van der Waals surface area contributed by atoms with Gasteiger partial charge in [-0.3, -0.25) is 9.59 Å². The van der Waals surface area contributed by atoms with Crippen molar-refractivity contribution in [1.29, 1.82) is 0 Å². The second-order valence-corrected chi connectivity index (χ2v) is 5.85. The molecule has 0 radical (unpaired) electrons. The van der Waals surface area contributed by atoms with Crippen LogP contribution in [0.25, 0.3) is 10.2 Å². The summed E-state index contributed by atoms with van der Waals surface area (Å²) in [6.45, 7) is -0.00330. The molecule has 0 aliphatic carbocycles. The van der Waals surface area contributed by atoms with Gasteiger partial charge in [-0.25, -0.2) is 13.8 Å². The third kappa shape index (κ3) is 2.98. The van der Waals surface area contributed by atoms with E-state index in [2.05, 4.69) is 9.97 Å². The average Bonchev–Trinajstić information content (AvgIpc) is 2.95. The molecule has 3 rings (SSSR count). The highest BCUT2D eigenvalue weighted by molar-refractivity contribution is 7.17. The van der Waals surface area contributed by atoms with E-state index in [0.717, 1.165) is 12.1 Å². The summed E-state index contributed by atoms with van der Waals surface area (Å²) < 4.78 is 27.1. The zero-order valence-corrected chi connectivity index (χ0v) is 12.8. The molecule has 0 saturated heterocycles. The Morgan fingerprint density at radius 1 is 1.35 bits per heavy atom. The number of aromatic amines is 1. The number of hydrogen-bond donors (Lipinski definition) is 1. The fourth-order valence-corrected chi connectivity index (χ4v) is 2.89. The zero-order valence-electron chi connectivity index (χ0n) is 12.0. The number of fused-ring (bicyclic) bond motifs is 1. The second-order valence-electron chi connectivity index (χ2n) is 4.93. The van der Waals surface area contributed by atoms with Crippen molar-refractivity contribution in [2.45, 2.75) is 6.54 Å². The van der Waals surface area contributed by atoms with Gasteiger partial charge in [-0.15, -0.1) is 11.3 Å². The SMILES string of the molecule is CN(Cc1nc2ccsc2c(=O)[nH]1)C(=O)c1ccc(F)cc1F. The summed E-state index contributed by atoms with van der Waals surface area (Å²) in [4.78, 5) is 32.2. The predicted octanol–water partition coefficient (Wildman–Crippen LogP) is 2.54. The van der Waals surface area contributed by atoms with Gasteiger partial charge in [0.15, 0.2) is 0 Å². The molecule has 2 heterocycles. The molecule has 3 aromatic rings. The first-order valence-corrected chi connectivity index (χ1v) is 7.50. The van der Waals surface area contributed by atoms with Gasteiger partial charge in [-0.2, -0.15) is 0 Å². The van der Waals surface area contributed by atoms with Crippen LogP contribution in [0.3, 0.4) is 0 Å². The molecule has 0 bridgehead atoms. The van der Waals surface area contributed by atoms with E-state index in [-0.39, 0.29) is 17.7 Å². The molecule has 0 aliphatic rings. The number of halogens is 2. The molecule has 1 amide bonds. The number of benzene rings is 1. The standard InChI is InChI=1S/C15H11F2N3O2S/c1-20(15(22)9-3-2-8(16)6-10(9)17)7-12-18-11-4-5-23-13(11)14(21)19-12/h2-6H,7H2,1H3,(H,18,19,21). The number of nitrogens with one attached hydrogen (secondary N) is 1. The number of thiophene rings is 1. The van der Waals surface area contributed by atoms with Crippen molar-refractivity contribution >= 4 is 27.5 Å². The summed E-state index contributed by atoms with van der Waals surface area (Å²) in [7, 11) is 1.45. The molecule has 0 unspecified atom stereocenters. The van der Waals surface area contributed by atoms with Crippen molar-refractivity contribution < 1.29 is 13.6 Å². The van der Waals surface area contributed by atoms with Crippen LogP contribution in [0.15, 0.2) is 34.4 Å². The van der Waals surface area contributed by atoms with Crippen molar-refractivity contribution in [3.8, 4) is 0 Å². The van der Waals surface area contributed by atoms with E-state index in [1.807, 2.05) is 0 Å². The van der Waals surface area contributed by atoms with E-state index < -0.39 is 17.5 Å². The minimum Gasteiger partial charge on any atom is -0.334 e. The molecule has 1 N–H and O–H groups in total.